The SMILES string of the molecule is CCOc1ccccc1N(CCC(=O)NCCc1ccccc1F)C(C)=O. The van der Waals surface area contributed by atoms with Gasteiger partial charge in [-0.2, -0.15) is 0 Å². The molecular weight excluding hydrogens is 347 g/mol. The molecule has 6 heteroatoms. The molecule has 0 spiro atoms. The van der Waals surface area contributed by atoms with Crippen molar-refractivity contribution >= 4 is 17.5 Å². The van der Waals surface area contributed by atoms with E-state index >= 15 is 0 Å². The molecule has 0 saturated carbocycles. The molecule has 0 radical (unpaired) electrons. The van der Waals surface area contributed by atoms with E-state index in [1.807, 2.05) is 19.1 Å². The maximum Gasteiger partial charge on any atom is 0.223 e. The van der Waals surface area contributed by atoms with Crippen LogP contribution in [0.3, 0.4) is 0 Å². The number of halogens is 1. The second kappa shape index (κ2) is 10.3. The Labute approximate surface area is 159 Å². The number of carbonyl (C=O) groups is 2. The molecule has 0 aliphatic rings. The lowest BCUT2D eigenvalue weighted by molar-refractivity contribution is -0.121. The first-order valence-corrected chi connectivity index (χ1v) is 9.03. The molecule has 0 bridgehead atoms. The molecule has 1 N–H and O–H groups in total. The second-order valence-electron chi connectivity index (χ2n) is 6.01. The average Bonchev–Trinajstić information content (AvgIpc) is 2.65. The molecule has 0 aromatic heterocycles. The first kappa shape index (κ1) is 20.4. The third-order valence-corrected chi connectivity index (χ3v) is 4.07. The summed E-state index contributed by atoms with van der Waals surface area (Å²) in [6.45, 7) is 4.40. The van der Waals surface area contributed by atoms with Crippen molar-refractivity contribution in [3.8, 4) is 5.75 Å². The second-order valence-corrected chi connectivity index (χ2v) is 6.01. The predicted octanol–water partition coefficient (Wildman–Crippen LogP) is 3.33. The van der Waals surface area contributed by atoms with E-state index in [1.165, 1.54) is 17.9 Å². The van der Waals surface area contributed by atoms with Crippen LogP contribution in [0.4, 0.5) is 10.1 Å². The number of para-hydroxylation sites is 2. The molecule has 2 aromatic rings. The van der Waals surface area contributed by atoms with Gasteiger partial charge in [0, 0.05) is 26.4 Å². The minimum absolute atomic E-state index is 0.150. The van der Waals surface area contributed by atoms with Crippen molar-refractivity contribution in [1.29, 1.82) is 0 Å². The summed E-state index contributed by atoms with van der Waals surface area (Å²) in [7, 11) is 0. The zero-order chi connectivity index (χ0) is 19.6. The van der Waals surface area contributed by atoms with Gasteiger partial charge in [0.05, 0.1) is 12.3 Å². The van der Waals surface area contributed by atoms with Crippen LogP contribution >= 0.6 is 0 Å². The number of rotatable bonds is 9. The van der Waals surface area contributed by atoms with Crippen LogP contribution in [0, 0.1) is 5.82 Å². The van der Waals surface area contributed by atoms with Crippen LogP contribution in [0.15, 0.2) is 48.5 Å². The number of benzene rings is 2. The van der Waals surface area contributed by atoms with E-state index in [0.717, 1.165) is 0 Å². The fourth-order valence-electron chi connectivity index (χ4n) is 2.74. The first-order chi connectivity index (χ1) is 13.0. The summed E-state index contributed by atoms with van der Waals surface area (Å²) < 4.78 is 19.1. The highest BCUT2D eigenvalue weighted by molar-refractivity contribution is 5.93. The van der Waals surface area contributed by atoms with Gasteiger partial charge in [-0.15, -0.1) is 0 Å². The van der Waals surface area contributed by atoms with Crippen molar-refractivity contribution in [3.05, 3.63) is 59.9 Å². The van der Waals surface area contributed by atoms with Gasteiger partial charge in [0.15, 0.2) is 0 Å². The van der Waals surface area contributed by atoms with Gasteiger partial charge in [0.25, 0.3) is 0 Å². The fraction of sp³-hybridized carbons (Fsp3) is 0.333. The molecule has 0 aliphatic heterocycles. The Hall–Kier alpha value is -2.89. The van der Waals surface area contributed by atoms with Crippen LogP contribution < -0.4 is 15.0 Å². The number of hydrogen-bond donors (Lipinski definition) is 1. The minimum atomic E-state index is -0.276. The summed E-state index contributed by atoms with van der Waals surface area (Å²) in [5.74, 6) is -0.0232. The maximum absolute atomic E-state index is 13.6. The van der Waals surface area contributed by atoms with E-state index in [0.29, 0.717) is 36.6 Å². The molecule has 0 aliphatic carbocycles. The largest absolute Gasteiger partial charge is 0.492 e. The third-order valence-electron chi connectivity index (χ3n) is 4.07. The monoisotopic (exact) mass is 372 g/mol. The lowest BCUT2D eigenvalue weighted by Gasteiger charge is -2.23. The van der Waals surface area contributed by atoms with Gasteiger partial charge in [0.2, 0.25) is 11.8 Å². The lowest BCUT2D eigenvalue weighted by Crippen LogP contribution is -2.34. The summed E-state index contributed by atoms with van der Waals surface area (Å²) in [4.78, 5) is 25.7. The Morgan fingerprint density at radius 3 is 2.52 bits per heavy atom. The van der Waals surface area contributed by atoms with E-state index in [4.69, 9.17) is 4.74 Å². The van der Waals surface area contributed by atoms with Crippen molar-refractivity contribution in [3.63, 3.8) is 0 Å². The molecule has 0 unspecified atom stereocenters. The van der Waals surface area contributed by atoms with Crippen molar-refractivity contribution in [2.75, 3.05) is 24.6 Å². The zero-order valence-electron chi connectivity index (χ0n) is 15.7. The van der Waals surface area contributed by atoms with Crippen molar-refractivity contribution in [2.24, 2.45) is 0 Å². The highest BCUT2D eigenvalue weighted by Gasteiger charge is 2.17. The van der Waals surface area contributed by atoms with Gasteiger partial charge in [-0.25, -0.2) is 4.39 Å². The number of nitrogens with one attached hydrogen (secondary N) is 1. The normalized spacial score (nSPS) is 10.3. The molecule has 144 valence electrons. The average molecular weight is 372 g/mol. The van der Waals surface area contributed by atoms with Crippen LogP contribution in [0.2, 0.25) is 0 Å². The molecule has 0 atom stereocenters. The summed E-state index contributed by atoms with van der Waals surface area (Å²) >= 11 is 0. The Bertz CT molecular complexity index is 780. The van der Waals surface area contributed by atoms with Gasteiger partial charge >= 0.3 is 0 Å². The van der Waals surface area contributed by atoms with Crippen LogP contribution in [-0.4, -0.2) is 31.5 Å². The number of anilines is 1. The molecule has 5 nitrogen and oxygen atoms in total. The van der Waals surface area contributed by atoms with E-state index in [-0.39, 0.29) is 30.6 Å². The van der Waals surface area contributed by atoms with Gasteiger partial charge < -0.3 is 15.0 Å². The van der Waals surface area contributed by atoms with E-state index in [1.54, 1.807) is 30.3 Å². The summed E-state index contributed by atoms with van der Waals surface area (Å²) in [5, 5.41) is 2.77. The van der Waals surface area contributed by atoms with E-state index < -0.39 is 0 Å². The standard InChI is InChI=1S/C21H25FN2O3/c1-3-27-20-11-7-6-10-19(20)24(16(2)25)15-13-21(26)23-14-12-17-8-4-5-9-18(17)22/h4-11H,3,12-15H2,1-2H3,(H,23,26). The smallest absolute Gasteiger partial charge is 0.223 e. The summed E-state index contributed by atoms with van der Waals surface area (Å²) in [6, 6.07) is 13.7. The van der Waals surface area contributed by atoms with Crippen LogP contribution in [0.1, 0.15) is 25.8 Å². The quantitative estimate of drug-likeness (QED) is 0.735. The molecule has 0 heterocycles. The Kier molecular flexibility index (Phi) is 7.79. The molecule has 0 fully saturated rings. The molecule has 2 rings (SSSR count). The Morgan fingerprint density at radius 1 is 1.11 bits per heavy atom. The Balaban J connectivity index is 1.89. The van der Waals surface area contributed by atoms with Crippen molar-refractivity contribution in [2.45, 2.75) is 26.7 Å². The number of ether oxygens (including phenoxy) is 1. The van der Waals surface area contributed by atoms with Gasteiger partial charge in [-0.05, 0) is 37.1 Å². The van der Waals surface area contributed by atoms with Crippen molar-refractivity contribution < 1.29 is 18.7 Å². The lowest BCUT2D eigenvalue weighted by atomic mass is 10.1. The molecule has 0 saturated heterocycles. The van der Waals surface area contributed by atoms with Crippen LogP contribution in [-0.2, 0) is 16.0 Å². The van der Waals surface area contributed by atoms with E-state index in [9.17, 15) is 14.0 Å². The topological polar surface area (TPSA) is 58.6 Å². The molecular formula is C21H25FN2O3. The summed E-state index contributed by atoms with van der Waals surface area (Å²) in [5.41, 5.74) is 1.21. The Morgan fingerprint density at radius 2 is 1.81 bits per heavy atom. The number of carbonyl (C=O) groups excluding carboxylic acids is 2. The maximum atomic E-state index is 13.6. The number of nitrogens with zero attached hydrogens (tertiary/aromatic N) is 1. The van der Waals surface area contributed by atoms with Crippen molar-refractivity contribution in [1.82, 2.24) is 5.32 Å². The summed E-state index contributed by atoms with van der Waals surface area (Å²) in [6.07, 6.45) is 0.569. The third kappa shape index (κ3) is 6.09. The highest BCUT2D eigenvalue weighted by atomic mass is 19.1. The number of amides is 2. The molecule has 2 amide bonds. The first-order valence-electron chi connectivity index (χ1n) is 9.03. The van der Waals surface area contributed by atoms with Gasteiger partial charge in [-0.1, -0.05) is 30.3 Å². The predicted molar refractivity (Wildman–Crippen MR) is 103 cm³/mol. The van der Waals surface area contributed by atoms with Crippen LogP contribution in [0.25, 0.3) is 0 Å². The zero-order valence-corrected chi connectivity index (χ0v) is 15.7. The fourth-order valence-corrected chi connectivity index (χ4v) is 2.74. The van der Waals surface area contributed by atoms with Gasteiger partial charge in [-0.3, -0.25) is 9.59 Å². The van der Waals surface area contributed by atoms with E-state index in [2.05, 4.69) is 5.32 Å². The van der Waals surface area contributed by atoms with Crippen LogP contribution in [0.5, 0.6) is 5.75 Å². The minimum Gasteiger partial charge on any atom is -0.492 e. The van der Waals surface area contributed by atoms with Gasteiger partial charge in [0.1, 0.15) is 11.6 Å². The highest BCUT2D eigenvalue weighted by Crippen LogP contribution is 2.28. The molecule has 27 heavy (non-hydrogen) atoms. The molecule has 2 aromatic carbocycles. The number of hydrogen-bond acceptors (Lipinski definition) is 3.